The highest BCUT2D eigenvalue weighted by Crippen LogP contribution is 2.18. The molecule has 2 aromatic rings. The van der Waals surface area contributed by atoms with E-state index < -0.39 is 0 Å². The summed E-state index contributed by atoms with van der Waals surface area (Å²) in [7, 11) is 2.14. The van der Waals surface area contributed by atoms with E-state index in [1.165, 1.54) is 16.8 Å². The molecule has 0 amide bonds. The molecule has 0 aliphatic heterocycles. The largest absolute Gasteiger partial charge is 0.373 e. The number of aromatic nitrogens is 1. The molecule has 1 aromatic carbocycles. The highest BCUT2D eigenvalue weighted by molar-refractivity contribution is 5.51. The molecule has 3 nitrogen and oxygen atoms in total. The Morgan fingerprint density at radius 2 is 1.95 bits per heavy atom. The van der Waals surface area contributed by atoms with Crippen LogP contribution in [0.4, 0.5) is 5.69 Å². The number of benzene rings is 1. The minimum absolute atomic E-state index is 0.904. The van der Waals surface area contributed by atoms with Gasteiger partial charge in [-0.1, -0.05) is 37.3 Å². The van der Waals surface area contributed by atoms with Crippen molar-refractivity contribution in [2.45, 2.75) is 26.3 Å². The van der Waals surface area contributed by atoms with Crippen molar-refractivity contribution in [2.24, 2.45) is 0 Å². The van der Waals surface area contributed by atoms with E-state index in [2.05, 4.69) is 65.6 Å². The molecule has 21 heavy (non-hydrogen) atoms. The van der Waals surface area contributed by atoms with Gasteiger partial charge in [-0.15, -0.1) is 0 Å². The fraction of sp³-hybridized carbons (Fsp3) is 0.389. The van der Waals surface area contributed by atoms with Crippen molar-refractivity contribution in [3.05, 3.63) is 59.9 Å². The van der Waals surface area contributed by atoms with Crippen LogP contribution in [0.25, 0.3) is 0 Å². The zero-order chi connectivity index (χ0) is 14.9. The number of likely N-dealkylation sites (N-methyl/N-ethyl adjacent to an activating group) is 1. The number of anilines is 1. The van der Waals surface area contributed by atoms with E-state index in [-0.39, 0.29) is 0 Å². The Hall–Kier alpha value is -1.87. The number of hydrogen-bond acceptors (Lipinski definition) is 3. The fourth-order valence-electron chi connectivity index (χ4n) is 2.37. The van der Waals surface area contributed by atoms with Crippen LogP contribution >= 0.6 is 0 Å². The average Bonchev–Trinajstić information content (AvgIpc) is 2.54. The molecule has 0 saturated carbocycles. The number of pyridine rings is 1. The smallest absolute Gasteiger partial charge is 0.0595 e. The Kier molecular flexibility index (Phi) is 6.22. The van der Waals surface area contributed by atoms with Gasteiger partial charge in [-0.2, -0.15) is 0 Å². The van der Waals surface area contributed by atoms with Gasteiger partial charge in [0.2, 0.25) is 0 Å². The molecule has 0 bridgehead atoms. The van der Waals surface area contributed by atoms with Crippen molar-refractivity contribution in [3.63, 3.8) is 0 Å². The number of rotatable bonds is 8. The van der Waals surface area contributed by atoms with Crippen LogP contribution in [0, 0.1) is 0 Å². The summed E-state index contributed by atoms with van der Waals surface area (Å²) < 4.78 is 0. The second kappa shape index (κ2) is 8.42. The fourth-order valence-corrected chi connectivity index (χ4v) is 2.37. The van der Waals surface area contributed by atoms with Gasteiger partial charge in [0.25, 0.3) is 0 Å². The zero-order valence-electron chi connectivity index (χ0n) is 13.0. The van der Waals surface area contributed by atoms with Gasteiger partial charge in [0.15, 0.2) is 0 Å². The maximum Gasteiger partial charge on any atom is 0.0595 e. The predicted octanol–water partition coefficient (Wildman–Crippen LogP) is 3.26. The monoisotopic (exact) mass is 283 g/mol. The Balaban J connectivity index is 1.96. The molecule has 0 aliphatic carbocycles. The molecule has 0 radical (unpaired) electrons. The van der Waals surface area contributed by atoms with E-state index in [4.69, 9.17) is 0 Å². The van der Waals surface area contributed by atoms with Crippen molar-refractivity contribution in [1.82, 2.24) is 10.3 Å². The molecule has 1 N–H and O–H groups in total. The molecule has 0 fully saturated rings. The standard InChI is InChI=1S/C18H25N3/c1-3-11-19-14-17-9-12-20-15-18(17)21(2)13-10-16-7-5-4-6-8-16/h4-9,12,15,19H,3,10-11,13-14H2,1-2H3. The summed E-state index contributed by atoms with van der Waals surface area (Å²) in [4.78, 5) is 6.57. The molecule has 112 valence electrons. The van der Waals surface area contributed by atoms with Crippen LogP contribution in [0.1, 0.15) is 24.5 Å². The first kappa shape index (κ1) is 15.5. The topological polar surface area (TPSA) is 28.2 Å². The first-order chi connectivity index (χ1) is 10.3. The third kappa shape index (κ3) is 4.87. The van der Waals surface area contributed by atoms with Crippen molar-refractivity contribution in [3.8, 4) is 0 Å². The van der Waals surface area contributed by atoms with E-state index in [0.29, 0.717) is 0 Å². The summed E-state index contributed by atoms with van der Waals surface area (Å²) in [5.74, 6) is 0. The third-order valence-corrected chi connectivity index (χ3v) is 3.62. The SMILES string of the molecule is CCCNCc1ccncc1N(C)CCc1ccccc1. The van der Waals surface area contributed by atoms with Gasteiger partial charge in [0.05, 0.1) is 11.9 Å². The van der Waals surface area contributed by atoms with Gasteiger partial charge < -0.3 is 10.2 Å². The molecule has 1 aromatic heterocycles. The summed E-state index contributed by atoms with van der Waals surface area (Å²) in [6.07, 6.45) is 6.05. The summed E-state index contributed by atoms with van der Waals surface area (Å²) in [6, 6.07) is 12.7. The molecular weight excluding hydrogens is 258 g/mol. The summed E-state index contributed by atoms with van der Waals surface area (Å²) in [5, 5.41) is 3.47. The van der Waals surface area contributed by atoms with Crippen LogP contribution in [-0.4, -0.2) is 25.1 Å². The molecule has 0 spiro atoms. The predicted molar refractivity (Wildman–Crippen MR) is 89.7 cm³/mol. The highest BCUT2D eigenvalue weighted by Gasteiger charge is 2.07. The second-order valence-corrected chi connectivity index (χ2v) is 5.34. The molecule has 2 rings (SSSR count). The molecule has 0 saturated heterocycles. The lowest BCUT2D eigenvalue weighted by Gasteiger charge is -2.22. The van der Waals surface area contributed by atoms with Crippen LogP contribution in [0.2, 0.25) is 0 Å². The van der Waals surface area contributed by atoms with E-state index in [1.807, 2.05) is 12.4 Å². The van der Waals surface area contributed by atoms with Crippen LogP contribution in [0.3, 0.4) is 0 Å². The van der Waals surface area contributed by atoms with Crippen LogP contribution in [0.5, 0.6) is 0 Å². The normalized spacial score (nSPS) is 10.6. The summed E-state index contributed by atoms with van der Waals surface area (Å²) in [6.45, 7) is 5.14. The Labute approximate surface area is 128 Å². The number of hydrogen-bond donors (Lipinski definition) is 1. The number of nitrogens with zero attached hydrogens (tertiary/aromatic N) is 2. The molecular formula is C18H25N3. The van der Waals surface area contributed by atoms with Crippen LogP contribution in [0.15, 0.2) is 48.8 Å². The van der Waals surface area contributed by atoms with Gasteiger partial charge in [0, 0.05) is 26.3 Å². The summed E-state index contributed by atoms with van der Waals surface area (Å²) in [5.41, 5.74) is 3.91. The van der Waals surface area contributed by atoms with Gasteiger partial charge in [-0.3, -0.25) is 4.98 Å². The van der Waals surface area contributed by atoms with Gasteiger partial charge in [0.1, 0.15) is 0 Å². The average molecular weight is 283 g/mol. The Morgan fingerprint density at radius 1 is 1.14 bits per heavy atom. The summed E-state index contributed by atoms with van der Waals surface area (Å²) >= 11 is 0. The first-order valence-electron chi connectivity index (χ1n) is 7.70. The van der Waals surface area contributed by atoms with Crippen molar-refractivity contribution in [2.75, 3.05) is 25.0 Å². The second-order valence-electron chi connectivity index (χ2n) is 5.34. The van der Waals surface area contributed by atoms with Crippen molar-refractivity contribution < 1.29 is 0 Å². The molecule has 0 aliphatic rings. The molecule has 0 atom stereocenters. The van der Waals surface area contributed by atoms with Gasteiger partial charge >= 0.3 is 0 Å². The minimum atomic E-state index is 0.904. The Bertz CT molecular complexity index is 525. The van der Waals surface area contributed by atoms with E-state index in [9.17, 15) is 0 Å². The lowest BCUT2D eigenvalue weighted by Crippen LogP contribution is -2.23. The molecule has 3 heteroatoms. The van der Waals surface area contributed by atoms with E-state index in [0.717, 1.165) is 32.5 Å². The minimum Gasteiger partial charge on any atom is -0.373 e. The van der Waals surface area contributed by atoms with Crippen molar-refractivity contribution in [1.29, 1.82) is 0 Å². The maximum atomic E-state index is 4.28. The molecule has 0 unspecified atom stereocenters. The lowest BCUT2D eigenvalue weighted by molar-refractivity contribution is 0.673. The van der Waals surface area contributed by atoms with E-state index in [1.54, 1.807) is 0 Å². The first-order valence-corrected chi connectivity index (χ1v) is 7.70. The maximum absolute atomic E-state index is 4.28. The Morgan fingerprint density at radius 3 is 2.71 bits per heavy atom. The zero-order valence-corrected chi connectivity index (χ0v) is 13.0. The highest BCUT2D eigenvalue weighted by atomic mass is 15.1. The van der Waals surface area contributed by atoms with Crippen LogP contribution < -0.4 is 10.2 Å². The number of nitrogens with one attached hydrogen (secondary N) is 1. The van der Waals surface area contributed by atoms with Crippen molar-refractivity contribution >= 4 is 5.69 Å². The molecule has 1 heterocycles. The third-order valence-electron chi connectivity index (χ3n) is 3.62. The van der Waals surface area contributed by atoms with Gasteiger partial charge in [-0.25, -0.2) is 0 Å². The van der Waals surface area contributed by atoms with Gasteiger partial charge in [-0.05, 0) is 36.6 Å². The van der Waals surface area contributed by atoms with Crippen LogP contribution in [-0.2, 0) is 13.0 Å². The van der Waals surface area contributed by atoms with E-state index >= 15 is 0 Å². The lowest BCUT2D eigenvalue weighted by atomic mass is 10.1. The quantitative estimate of drug-likeness (QED) is 0.754.